The number of halogens is 1. The fourth-order valence-electron chi connectivity index (χ4n) is 5.44. The number of aromatic nitrogens is 3. The molecule has 6 rings (SSSR count). The molecule has 3 N–H and O–H groups in total. The standard InChI is InChI=1S/C24H25FN6O/c1-12-3-4-16(10-28-12)32-24-29-21-9-17-18(6-14(25)7-20(17)27-2)22(21)23(30-24)31-11-13-5-15(31)8-19(13)26/h3-4,6-7,10,13,15,19,27H,5,8-9,11,26H2,1-2H3/t13?,15?,19-/m0/s1. The van der Waals surface area contributed by atoms with Crippen LogP contribution in [0.25, 0.3) is 11.1 Å². The number of piperidine rings is 1. The van der Waals surface area contributed by atoms with E-state index in [0.717, 1.165) is 59.0 Å². The number of aryl methyl sites for hydroxylation is 1. The molecular formula is C24H25FN6O. The molecule has 3 aromatic rings. The van der Waals surface area contributed by atoms with Crippen molar-refractivity contribution in [1.82, 2.24) is 15.0 Å². The lowest BCUT2D eigenvalue weighted by atomic mass is 10.0. The predicted molar refractivity (Wildman–Crippen MR) is 121 cm³/mol. The highest BCUT2D eigenvalue weighted by molar-refractivity contribution is 5.88. The number of rotatable bonds is 4. The molecule has 1 aromatic carbocycles. The van der Waals surface area contributed by atoms with Gasteiger partial charge in [-0.3, -0.25) is 4.98 Å². The van der Waals surface area contributed by atoms with Crippen LogP contribution in [0.15, 0.2) is 30.5 Å². The quantitative estimate of drug-likeness (QED) is 0.509. The van der Waals surface area contributed by atoms with E-state index in [-0.39, 0.29) is 17.9 Å². The van der Waals surface area contributed by atoms with Crippen molar-refractivity contribution < 1.29 is 9.13 Å². The Balaban J connectivity index is 1.48. The summed E-state index contributed by atoms with van der Waals surface area (Å²) in [6.45, 7) is 2.78. The van der Waals surface area contributed by atoms with E-state index in [1.54, 1.807) is 12.3 Å². The first-order valence-corrected chi connectivity index (χ1v) is 11.0. The molecule has 2 bridgehead atoms. The molecule has 8 heteroatoms. The number of nitrogens with one attached hydrogen (secondary N) is 1. The Morgan fingerprint density at radius 3 is 2.78 bits per heavy atom. The Labute approximate surface area is 185 Å². The normalized spacial score (nSPS) is 22.8. The smallest absolute Gasteiger partial charge is 0.324 e. The summed E-state index contributed by atoms with van der Waals surface area (Å²) in [5.41, 5.74) is 11.6. The molecule has 3 heterocycles. The third-order valence-corrected chi connectivity index (χ3v) is 7.00. The summed E-state index contributed by atoms with van der Waals surface area (Å²) < 4.78 is 20.5. The maximum absolute atomic E-state index is 14.5. The number of hydrogen-bond donors (Lipinski definition) is 2. The van der Waals surface area contributed by atoms with E-state index in [4.69, 9.17) is 20.4 Å². The van der Waals surface area contributed by atoms with Crippen molar-refractivity contribution in [2.24, 2.45) is 11.7 Å². The van der Waals surface area contributed by atoms with E-state index in [0.29, 0.717) is 24.1 Å². The Hall–Kier alpha value is -3.26. The first kappa shape index (κ1) is 19.4. The zero-order chi connectivity index (χ0) is 22.0. The molecule has 0 radical (unpaired) electrons. The Kier molecular flexibility index (Phi) is 4.33. The van der Waals surface area contributed by atoms with Crippen molar-refractivity contribution in [3.8, 4) is 22.9 Å². The van der Waals surface area contributed by atoms with E-state index < -0.39 is 0 Å². The van der Waals surface area contributed by atoms with Crippen LogP contribution in [0.1, 0.15) is 29.8 Å². The highest BCUT2D eigenvalue weighted by atomic mass is 19.1. The van der Waals surface area contributed by atoms with Crippen LogP contribution in [0.2, 0.25) is 0 Å². The fraction of sp³-hybridized carbons (Fsp3) is 0.375. The van der Waals surface area contributed by atoms with Crippen molar-refractivity contribution in [3.63, 3.8) is 0 Å². The van der Waals surface area contributed by atoms with Crippen molar-refractivity contribution in [3.05, 3.63) is 53.2 Å². The molecule has 3 atom stereocenters. The molecule has 164 valence electrons. The molecule has 0 spiro atoms. The molecular weight excluding hydrogens is 407 g/mol. The van der Waals surface area contributed by atoms with Gasteiger partial charge in [0.05, 0.1) is 11.9 Å². The van der Waals surface area contributed by atoms with Gasteiger partial charge < -0.3 is 20.7 Å². The SMILES string of the molecule is CNc1cc(F)cc2c1Cc1nc(Oc3ccc(C)nc3)nc(N3CC4CC3C[C@@H]4N)c1-2. The fourth-order valence-corrected chi connectivity index (χ4v) is 5.44. The number of nitrogens with zero attached hydrogens (tertiary/aromatic N) is 4. The topological polar surface area (TPSA) is 89.2 Å². The van der Waals surface area contributed by atoms with Gasteiger partial charge in [0.2, 0.25) is 0 Å². The number of pyridine rings is 1. The van der Waals surface area contributed by atoms with Crippen molar-refractivity contribution in [2.75, 3.05) is 23.8 Å². The lowest BCUT2D eigenvalue weighted by Crippen LogP contribution is -2.41. The molecule has 1 aliphatic heterocycles. The Bertz CT molecular complexity index is 1210. The predicted octanol–water partition coefficient (Wildman–Crippen LogP) is 3.65. The zero-order valence-electron chi connectivity index (χ0n) is 18.1. The van der Waals surface area contributed by atoms with Crippen LogP contribution in [0.3, 0.4) is 0 Å². The van der Waals surface area contributed by atoms with E-state index in [1.165, 1.54) is 6.07 Å². The second kappa shape index (κ2) is 7.13. The number of anilines is 2. The van der Waals surface area contributed by atoms with E-state index in [1.807, 2.05) is 26.1 Å². The summed E-state index contributed by atoms with van der Waals surface area (Å²) in [6, 6.07) is 7.74. The molecule has 2 aliphatic carbocycles. The number of hydrogen-bond acceptors (Lipinski definition) is 7. The van der Waals surface area contributed by atoms with Crippen molar-refractivity contribution in [1.29, 1.82) is 0 Å². The number of fused-ring (bicyclic) bond motifs is 5. The van der Waals surface area contributed by atoms with Crippen LogP contribution in [0, 0.1) is 18.7 Å². The van der Waals surface area contributed by atoms with Crippen LogP contribution in [0.5, 0.6) is 11.8 Å². The number of ether oxygens (including phenoxy) is 1. The summed E-state index contributed by atoms with van der Waals surface area (Å²) in [4.78, 5) is 16.2. The molecule has 32 heavy (non-hydrogen) atoms. The van der Waals surface area contributed by atoms with Gasteiger partial charge in [-0.1, -0.05) is 0 Å². The largest absolute Gasteiger partial charge is 0.423 e. The minimum absolute atomic E-state index is 0.237. The average Bonchev–Trinajstić information content (AvgIpc) is 3.46. The summed E-state index contributed by atoms with van der Waals surface area (Å²) in [5, 5.41) is 3.13. The van der Waals surface area contributed by atoms with Gasteiger partial charge in [-0.25, -0.2) is 4.39 Å². The maximum atomic E-state index is 14.5. The molecule has 0 amide bonds. The summed E-state index contributed by atoms with van der Waals surface area (Å²) in [7, 11) is 1.81. The van der Waals surface area contributed by atoms with Gasteiger partial charge in [0, 0.05) is 49.0 Å². The minimum atomic E-state index is -0.275. The highest BCUT2D eigenvalue weighted by Gasteiger charge is 2.45. The zero-order valence-corrected chi connectivity index (χ0v) is 18.1. The van der Waals surface area contributed by atoms with E-state index >= 15 is 0 Å². The lowest BCUT2D eigenvalue weighted by Gasteiger charge is -2.32. The molecule has 7 nitrogen and oxygen atoms in total. The first-order chi connectivity index (χ1) is 15.5. The molecule has 2 aromatic heterocycles. The van der Waals surface area contributed by atoms with E-state index in [2.05, 4.69) is 15.2 Å². The van der Waals surface area contributed by atoms with Crippen LogP contribution >= 0.6 is 0 Å². The monoisotopic (exact) mass is 432 g/mol. The summed E-state index contributed by atoms with van der Waals surface area (Å²) >= 11 is 0. The van der Waals surface area contributed by atoms with Gasteiger partial charge in [0.1, 0.15) is 17.4 Å². The summed E-state index contributed by atoms with van der Waals surface area (Å²) in [6.07, 6.45) is 4.28. The molecule has 1 saturated carbocycles. The molecule has 2 fully saturated rings. The van der Waals surface area contributed by atoms with Crippen LogP contribution in [-0.2, 0) is 6.42 Å². The third-order valence-electron chi connectivity index (χ3n) is 7.00. The van der Waals surface area contributed by atoms with Crippen LogP contribution in [-0.4, -0.2) is 40.6 Å². The van der Waals surface area contributed by atoms with E-state index in [9.17, 15) is 4.39 Å². The molecule has 2 unspecified atom stereocenters. The Morgan fingerprint density at radius 2 is 2.09 bits per heavy atom. The van der Waals surface area contributed by atoms with Gasteiger partial charge in [0.15, 0.2) is 0 Å². The van der Waals surface area contributed by atoms with Crippen LogP contribution < -0.4 is 20.7 Å². The molecule has 1 saturated heterocycles. The van der Waals surface area contributed by atoms with Gasteiger partial charge in [-0.15, -0.1) is 0 Å². The number of benzene rings is 1. The van der Waals surface area contributed by atoms with Crippen LogP contribution in [0.4, 0.5) is 15.9 Å². The lowest BCUT2D eigenvalue weighted by molar-refractivity contribution is 0.434. The average molecular weight is 433 g/mol. The van der Waals surface area contributed by atoms with Crippen molar-refractivity contribution >= 4 is 11.5 Å². The molecule has 3 aliphatic rings. The summed E-state index contributed by atoms with van der Waals surface area (Å²) in [5.74, 6) is 1.58. The maximum Gasteiger partial charge on any atom is 0.324 e. The second-order valence-corrected chi connectivity index (χ2v) is 9.00. The highest BCUT2D eigenvalue weighted by Crippen LogP contribution is 2.48. The Morgan fingerprint density at radius 1 is 1.22 bits per heavy atom. The second-order valence-electron chi connectivity index (χ2n) is 9.00. The first-order valence-electron chi connectivity index (χ1n) is 11.0. The number of nitrogens with two attached hydrogens (primary N) is 1. The minimum Gasteiger partial charge on any atom is -0.423 e. The third kappa shape index (κ3) is 3.01. The van der Waals surface area contributed by atoms with Gasteiger partial charge in [-0.2, -0.15) is 9.97 Å². The van der Waals surface area contributed by atoms with Gasteiger partial charge in [0.25, 0.3) is 0 Å². The van der Waals surface area contributed by atoms with Gasteiger partial charge in [-0.05, 0) is 61.1 Å². The van der Waals surface area contributed by atoms with Crippen molar-refractivity contribution in [2.45, 2.75) is 38.3 Å². The van der Waals surface area contributed by atoms with Gasteiger partial charge >= 0.3 is 6.01 Å².